The Kier molecular flexibility index (Phi) is 6.30. The summed E-state index contributed by atoms with van der Waals surface area (Å²) in [7, 11) is 0. The minimum Gasteiger partial charge on any atom is -0.335 e. The summed E-state index contributed by atoms with van der Waals surface area (Å²) in [6, 6.07) is 21.1. The van der Waals surface area contributed by atoms with E-state index in [4.69, 9.17) is 11.6 Å². The Morgan fingerprint density at radius 3 is 2.67 bits per heavy atom. The molecule has 4 nitrogen and oxygen atoms in total. The van der Waals surface area contributed by atoms with Crippen LogP contribution in [-0.2, 0) is 16.6 Å². The van der Waals surface area contributed by atoms with Crippen LogP contribution in [0.15, 0.2) is 66.7 Å². The first-order valence-corrected chi connectivity index (χ1v) is 13.4. The number of amides is 1. The van der Waals surface area contributed by atoms with E-state index in [1.807, 2.05) is 24.3 Å². The normalized spacial score (nSPS) is 27.7. The van der Waals surface area contributed by atoms with E-state index >= 15 is 0 Å². The fraction of sp³-hybridized carbons (Fsp3) is 0.400. The van der Waals surface area contributed by atoms with Crippen molar-refractivity contribution in [3.05, 3.63) is 100 Å². The van der Waals surface area contributed by atoms with Gasteiger partial charge in [0.15, 0.2) is 0 Å². The van der Waals surface area contributed by atoms with Crippen molar-refractivity contribution in [1.82, 2.24) is 15.2 Å². The van der Waals surface area contributed by atoms with Gasteiger partial charge in [0.05, 0.1) is 12.0 Å². The molecule has 1 N–H and O–H groups in total. The molecule has 2 saturated heterocycles. The summed E-state index contributed by atoms with van der Waals surface area (Å²) >= 11 is 6.23. The number of nitrogens with zero attached hydrogens (tertiary/aromatic N) is 2. The first kappa shape index (κ1) is 23.6. The topological polar surface area (TPSA) is 45.2 Å². The van der Waals surface area contributed by atoms with Crippen LogP contribution in [0.4, 0.5) is 4.39 Å². The maximum atomic E-state index is 14.4. The summed E-state index contributed by atoms with van der Waals surface area (Å²) in [5.41, 5.74) is 4.26. The fourth-order valence-electron chi connectivity index (χ4n) is 6.91. The Balaban J connectivity index is 1.34. The van der Waals surface area contributed by atoms with Gasteiger partial charge in [-0.1, -0.05) is 60.1 Å². The standard InChI is InChI=1S/C30H31ClFN3O/c31-28-13-12-24-26(34-28)7-4-15-30(24)19-33-18-25(30)29(36)35-16-14-22(20-5-2-1-3-6-20)17-27(35)21-8-10-23(32)11-9-21/h1-3,5-6,8-13,22,25,27,33H,4,7,14-19H2/t22?,25-,27?,30?/m0/s1. The second kappa shape index (κ2) is 9.60. The minimum absolute atomic E-state index is 0.0823. The van der Waals surface area contributed by atoms with E-state index in [0.29, 0.717) is 24.2 Å². The fourth-order valence-corrected chi connectivity index (χ4v) is 7.08. The predicted molar refractivity (Wildman–Crippen MR) is 139 cm³/mol. The van der Waals surface area contributed by atoms with Crippen LogP contribution in [0.25, 0.3) is 0 Å². The van der Waals surface area contributed by atoms with Crippen LogP contribution in [0.3, 0.4) is 0 Å². The average Bonchev–Trinajstić information content (AvgIpc) is 3.32. The third-order valence-electron chi connectivity index (χ3n) is 8.68. The molecule has 3 heterocycles. The zero-order valence-corrected chi connectivity index (χ0v) is 21.1. The third-order valence-corrected chi connectivity index (χ3v) is 8.89. The molecule has 186 valence electrons. The smallest absolute Gasteiger partial charge is 0.228 e. The SMILES string of the molecule is O=C([C@@H]1CNCC12CCCc1nc(Cl)ccc12)N1CCC(c2ccccc2)CC1c1ccc(F)cc1. The van der Waals surface area contributed by atoms with Gasteiger partial charge in [0, 0.05) is 30.7 Å². The van der Waals surface area contributed by atoms with E-state index in [1.165, 1.54) is 23.3 Å². The van der Waals surface area contributed by atoms with E-state index in [9.17, 15) is 9.18 Å². The number of likely N-dealkylation sites (tertiary alicyclic amines) is 1. The Bertz CT molecular complexity index is 1250. The highest BCUT2D eigenvalue weighted by molar-refractivity contribution is 6.29. The van der Waals surface area contributed by atoms with E-state index < -0.39 is 0 Å². The van der Waals surface area contributed by atoms with Crippen molar-refractivity contribution in [3.8, 4) is 0 Å². The number of aromatic nitrogens is 1. The summed E-state index contributed by atoms with van der Waals surface area (Å²) in [5.74, 6) is 0.151. The number of piperidine rings is 1. The molecule has 2 fully saturated rings. The molecule has 0 bridgehead atoms. The number of hydrogen-bond donors (Lipinski definition) is 1. The second-order valence-corrected chi connectivity index (χ2v) is 10.9. The van der Waals surface area contributed by atoms with Gasteiger partial charge in [0.25, 0.3) is 0 Å². The van der Waals surface area contributed by atoms with Crippen molar-refractivity contribution < 1.29 is 9.18 Å². The first-order valence-electron chi connectivity index (χ1n) is 13.0. The van der Waals surface area contributed by atoms with Gasteiger partial charge in [-0.05, 0) is 72.9 Å². The molecule has 3 aromatic rings. The molecular formula is C30H31ClFN3O. The van der Waals surface area contributed by atoms with Gasteiger partial charge < -0.3 is 10.2 Å². The predicted octanol–water partition coefficient (Wildman–Crippen LogP) is 5.82. The molecule has 2 aliphatic heterocycles. The van der Waals surface area contributed by atoms with Crippen LogP contribution in [-0.4, -0.2) is 35.4 Å². The van der Waals surface area contributed by atoms with Crippen molar-refractivity contribution in [3.63, 3.8) is 0 Å². The van der Waals surface area contributed by atoms with E-state index in [-0.39, 0.29) is 29.1 Å². The molecule has 36 heavy (non-hydrogen) atoms. The summed E-state index contributed by atoms with van der Waals surface area (Å²) < 4.78 is 13.8. The van der Waals surface area contributed by atoms with Gasteiger partial charge in [0.1, 0.15) is 11.0 Å². The molecule has 6 rings (SSSR count). The van der Waals surface area contributed by atoms with Gasteiger partial charge >= 0.3 is 0 Å². The highest BCUT2D eigenvalue weighted by atomic mass is 35.5. The average molecular weight is 504 g/mol. The Morgan fingerprint density at radius 1 is 1.06 bits per heavy atom. The van der Waals surface area contributed by atoms with E-state index in [0.717, 1.165) is 49.9 Å². The molecule has 0 radical (unpaired) electrons. The van der Waals surface area contributed by atoms with Crippen molar-refractivity contribution in [2.75, 3.05) is 19.6 Å². The number of hydrogen-bond acceptors (Lipinski definition) is 3. The first-order chi connectivity index (χ1) is 17.5. The number of carbonyl (C=O) groups excluding carboxylic acids is 1. The molecule has 1 aliphatic carbocycles. The van der Waals surface area contributed by atoms with Crippen molar-refractivity contribution in [2.24, 2.45) is 5.92 Å². The summed E-state index contributed by atoms with van der Waals surface area (Å²) in [6.07, 6.45) is 4.63. The van der Waals surface area contributed by atoms with Crippen LogP contribution in [0.1, 0.15) is 60.0 Å². The molecule has 3 aliphatic rings. The third kappa shape index (κ3) is 4.12. The lowest BCUT2D eigenvalue weighted by atomic mass is 9.65. The number of benzene rings is 2. The van der Waals surface area contributed by atoms with E-state index in [1.54, 1.807) is 0 Å². The number of aryl methyl sites for hydroxylation is 1. The number of rotatable bonds is 3. The van der Waals surface area contributed by atoms with Gasteiger partial charge in [-0.2, -0.15) is 0 Å². The maximum absolute atomic E-state index is 14.4. The van der Waals surface area contributed by atoms with Gasteiger partial charge in [0.2, 0.25) is 5.91 Å². The second-order valence-electron chi connectivity index (χ2n) is 10.6. The number of carbonyl (C=O) groups is 1. The molecule has 1 spiro atoms. The molecule has 1 amide bonds. The lowest BCUT2D eigenvalue weighted by molar-refractivity contribution is -0.141. The molecular weight excluding hydrogens is 473 g/mol. The molecule has 3 unspecified atom stereocenters. The monoisotopic (exact) mass is 503 g/mol. The van der Waals surface area contributed by atoms with Gasteiger partial charge in [-0.25, -0.2) is 9.37 Å². The number of nitrogens with one attached hydrogen (secondary N) is 1. The zero-order valence-electron chi connectivity index (χ0n) is 20.3. The van der Waals surface area contributed by atoms with Crippen LogP contribution >= 0.6 is 11.6 Å². The molecule has 6 heteroatoms. The minimum atomic E-state index is -0.258. The van der Waals surface area contributed by atoms with E-state index in [2.05, 4.69) is 45.5 Å². The maximum Gasteiger partial charge on any atom is 0.228 e. The quantitative estimate of drug-likeness (QED) is 0.458. The Hall–Kier alpha value is -2.76. The zero-order chi connectivity index (χ0) is 24.7. The lowest BCUT2D eigenvalue weighted by Crippen LogP contribution is -2.50. The summed E-state index contributed by atoms with van der Waals surface area (Å²) in [6.45, 7) is 2.13. The van der Waals surface area contributed by atoms with Crippen molar-refractivity contribution in [1.29, 1.82) is 0 Å². The highest BCUT2D eigenvalue weighted by Gasteiger charge is 2.52. The largest absolute Gasteiger partial charge is 0.335 e. The van der Waals surface area contributed by atoms with Crippen LogP contribution in [0, 0.1) is 11.7 Å². The Labute approximate surface area is 216 Å². The Morgan fingerprint density at radius 2 is 1.86 bits per heavy atom. The summed E-state index contributed by atoms with van der Waals surface area (Å²) in [4.78, 5) is 21.1. The van der Waals surface area contributed by atoms with Gasteiger partial charge in [-0.15, -0.1) is 0 Å². The number of pyridine rings is 1. The van der Waals surface area contributed by atoms with Crippen LogP contribution in [0.2, 0.25) is 5.15 Å². The number of halogens is 2. The molecule has 1 aromatic heterocycles. The number of fused-ring (bicyclic) bond motifs is 2. The summed E-state index contributed by atoms with van der Waals surface area (Å²) in [5, 5.41) is 4.06. The van der Waals surface area contributed by atoms with Crippen molar-refractivity contribution >= 4 is 17.5 Å². The lowest BCUT2D eigenvalue weighted by Gasteiger charge is -2.45. The van der Waals surface area contributed by atoms with Gasteiger partial charge in [-0.3, -0.25) is 4.79 Å². The van der Waals surface area contributed by atoms with Crippen molar-refractivity contribution in [2.45, 2.75) is 49.5 Å². The van der Waals surface area contributed by atoms with Crippen LogP contribution < -0.4 is 5.32 Å². The van der Waals surface area contributed by atoms with Crippen LogP contribution in [0.5, 0.6) is 0 Å². The molecule has 0 saturated carbocycles. The molecule has 4 atom stereocenters. The highest BCUT2D eigenvalue weighted by Crippen LogP contribution is 2.48. The molecule has 2 aromatic carbocycles.